The summed E-state index contributed by atoms with van der Waals surface area (Å²) in [5.74, 6) is 0.0407. The average molecular weight is 216 g/mol. The predicted molar refractivity (Wildman–Crippen MR) is 54.0 cm³/mol. The highest BCUT2D eigenvalue weighted by atomic mass is 16.5. The van der Waals surface area contributed by atoms with Crippen LogP contribution in [0, 0.1) is 0 Å². The minimum Gasteiger partial charge on any atom is -0.480 e. The Labute approximate surface area is 91.3 Å². The third kappa shape index (κ3) is 2.00. The zero-order valence-corrected chi connectivity index (χ0v) is 8.49. The summed E-state index contributed by atoms with van der Waals surface area (Å²) in [6, 6.07) is 3.10. The minimum absolute atomic E-state index is 0.210. The maximum absolute atomic E-state index is 11.8. The summed E-state index contributed by atoms with van der Waals surface area (Å²) < 4.78 is 4.84. The second-order valence-corrected chi connectivity index (χ2v) is 2.88. The Bertz CT molecular complexity index is 484. The van der Waals surface area contributed by atoms with Gasteiger partial charge in [0.25, 0.3) is 0 Å². The number of methoxy groups -OCH3 is 1. The van der Waals surface area contributed by atoms with Crippen LogP contribution in [0.4, 0.5) is 0 Å². The molecule has 0 aliphatic rings. The first-order valence-electron chi connectivity index (χ1n) is 4.49. The van der Waals surface area contributed by atoms with Crippen LogP contribution in [0.2, 0.25) is 0 Å². The fraction of sp³-hybridized carbons (Fsp3) is 0.100. The smallest absolute Gasteiger partial charge is 0.233 e. The van der Waals surface area contributed by atoms with E-state index in [9.17, 15) is 4.79 Å². The van der Waals surface area contributed by atoms with E-state index in [1.54, 1.807) is 6.07 Å². The molecule has 0 aromatic carbocycles. The zero-order valence-electron chi connectivity index (χ0n) is 8.49. The van der Waals surface area contributed by atoms with Gasteiger partial charge >= 0.3 is 0 Å². The highest BCUT2D eigenvalue weighted by Gasteiger charge is 2.12. The Hall–Kier alpha value is -2.37. The number of hydrogen-bond donors (Lipinski definition) is 0. The van der Waals surface area contributed by atoms with Crippen LogP contribution in [0.15, 0.2) is 30.7 Å². The van der Waals surface area contributed by atoms with Crippen LogP contribution in [0.1, 0.15) is 16.2 Å². The summed E-state index contributed by atoms with van der Waals surface area (Å²) >= 11 is 0. The van der Waals surface area contributed by atoms with Crippen molar-refractivity contribution in [2.75, 3.05) is 7.11 Å². The van der Waals surface area contributed by atoms with Crippen molar-refractivity contribution in [2.45, 2.75) is 0 Å². The van der Waals surface area contributed by atoms with Crippen LogP contribution in [0.25, 0.3) is 0 Å². The van der Waals surface area contributed by atoms with E-state index in [0.29, 0.717) is 5.88 Å². The summed E-state index contributed by atoms with van der Waals surface area (Å²) in [5.41, 5.74) is 0.447. The highest BCUT2D eigenvalue weighted by molar-refractivity contribution is 6.05. The van der Waals surface area contributed by atoms with Crippen molar-refractivity contribution in [3.63, 3.8) is 0 Å². The summed E-state index contributed by atoms with van der Waals surface area (Å²) in [4.78, 5) is 19.5. The van der Waals surface area contributed by atoms with Crippen molar-refractivity contribution in [3.8, 4) is 5.88 Å². The normalized spacial score (nSPS) is 9.81. The Morgan fingerprint density at radius 2 is 2.06 bits per heavy atom. The molecule has 80 valence electrons. The number of carbonyl (C=O) groups is 1. The van der Waals surface area contributed by atoms with Gasteiger partial charge in [-0.05, 0) is 6.07 Å². The van der Waals surface area contributed by atoms with Gasteiger partial charge in [-0.25, -0.2) is 4.98 Å². The predicted octanol–water partition coefficient (Wildman–Crippen LogP) is 0.506. The summed E-state index contributed by atoms with van der Waals surface area (Å²) in [6.07, 6.45) is 4.33. The Morgan fingerprint density at radius 1 is 1.19 bits per heavy atom. The van der Waals surface area contributed by atoms with Crippen LogP contribution < -0.4 is 4.74 Å². The molecule has 0 saturated heterocycles. The number of ketones is 1. The van der Waals surface area contributed by atoms with E-state index in [1.165, 1.54) is 31.8 Å². The minimum atomic E-state index is -0.316. The van der Waals surface area contributed by atoms with E-state index < -0.39 is 0 Å². The van der Waals surface area contributed by atoms with Crippen LogP contribution >= 0.6 is 0 Å². The van der Waals surface area contributed by atoms with Crippen LogP contribution in [-0.2, 0) is 0 Å². The number of ether oxygens (including phenoxy) is 1. The monoisotopic (exact) mass is 216 g/mol. The van der Waals surface area contributed by atoms with Crippen molar-refractivity contribution in [2.24, 2.45) is 0 Å². The maximum atomic E-state index is 11.8. The molecule has 0 saturated carbocycles. The summed E-state index contributed by atoms with van der Waals surface area (Å²) in [6.45, 7) is 0. The number of hydrogen-bond acceptors (Lipinski definition) is 6. The molecular weight excluding hydrogens is 208 g/mol. The standard InChI is InChI=1S/C10H8N4O2/c1-16-9-3-2-7(13-14-9)10(15)8-6-11-4-5-12-8/h2-6H,1H3. The SMILES string of the molecule is COc1ccc(C(=O)c2cnccn2)nn1. The third-order valence-corrected chi connectivity index (χ3v) is 1.88. The fourth-order valence-corrected chi connectivity index (χ4v) is 1.10. The van der Waals surface area contributed by atoms with Crippen molar-refractivity contribution < 1.29 is 9.53 Å². The van der Waals surface area contributed by atoms with Crippen LogP contribution in [-0.4, -0.2) is 33.1 Å². The first-order chi connectivity index (χ1) is 7.81. The Balaban J connectivity index is 2.28. The van der Waals surface area contributed by atoms with Crippen molar-refractivity contribution in [3.05, 3.63) is 42.1 Å². The lowest BCUT2D eigenvalue weighted by atomic mass is 10.2. The fourth-order valence-electron chi connectivity index (χ4n) is 1.10. The van der Waals surface area contributed by atoms with E-state index in [0.717, 1.165) is 0 Å². The topological polar surface area (TPSA) is 77.9 Å². The molecular formula is C10H8N4O2. The zero-order chi connectivity index (χ0) is 11.4. The maximum Gasteiger partial charge on any atom is 0.233 e. The lowest BCUT2D eigenvalue weighted by Gasteiger charge is -1.99. The molecule has 16 heavy (non-hydrogen) atoms. The molecule has 2 heterocycles. The number of aromatic nitrogens is 4. The first-order valence-corrected chi connectivity index (χ1v) is 4.49. The number of nitrogens with zero attached hydrogens (tertiary/aromatic N) is 4. The lowest BCUT2D eigenvalue weighted by Crippen LogP contribution is -2.07. The molecule has 0 fully saturated rings. The lowest BCUT2D eigenvalue weighted by molar-refractivity contribution is 0.102. The Kier molecular flexibility index (Phi) is 2.81. The molecule has 0 aliphatic carbocycles. The molecule has 0 spiro atoms. The van der Waals surface area contributed by atoms with Gasteiger partial charge in [-0.2, -0.15) is 0 Å². The molecule has 0 amide bonds. The van der Waals surface area contributed by atoms with Crippen molar-refractivity contribution in [1.82, 2.24) is 20.2 Å². The second-order valence-electron chi connectivity index (χ2n) is 2.88. The number of carbonyl (C=O) groups excluding carboxylic acids is 1. The molecule has 6 heteroatoms. The van der Waals surface area contributed by atoms with Gasteiger partial charge in [0.05, 0.1) is 13.3 Å². The molecule has 0 aliphatic heterocycles. The van der Waals surface area contributed by atoms with Crippen LogP contribution in [0.3, 0.4) is 0 Å². The second kappa shape index (κ2) is 4.43. The van der Waals surface area contributed by atoms with Crippen LogP contribution in [0.5, 0.6) is 5.88 Å². The van der Waals surface area contributed by atoms with Gasteiger partial charge in [0.15, 0.2) is 0 Å². The van der Waals surface area contributed by atoms with E-state index in [2.05, 4.69) is 20.2 Å². The van der Waals surface area contributed by atoms with Crippen molar-refractivity contribution >= 4 is 5.78 Å². The average Bonchev–Trinajstić information content (AvgIpc) is 2.39. The summed E-state index contributed by atoms with van der Waals surface area (Å²) in [7, 11) is 1.48. The van der Waals surface area contributed by atoms with Gasteiger partial charge in [0.2, 0.25) is 11.7 Å². The van der Waals surface area contributed by atoms with Gasteiger partial charge in [-0.15, -0.1) is 10.2 Å². The quantitative estimate of drug-likeness (QED) is 0.695. The van der Waals surface area contributed by atoms with Gasteiger partial charge in [0.1, 0.15) is 11.4 Å². The van der Waals surface area contributed by atoms with Crippen molar-refractivity contribution in [1.29, 1.82) is 0 Å². The summed E-state index contributed by atoms with van der Waals surface area (Å²) in [5, 5.41) is 7.44. The van der Waals surface area contributed by atoms with E-state index in [4.69, 9.17) is 4.74 Å². The molecule has 0 atom stereocenters. The molecule has 2 aromatic rings. The molecule has 2 rings (SSSR count). The Morgan fingerprint density at radius 3 is 2.62 bits per heavy atom. The largest absolute Gasteiger partial charge is 0.480 e. The molecule has 2 aromatic heterocycles. The van der Waals surface area contributed by atoms with E-state index >= 15 is 0 Å². The molecule has 0 unspecified atom stereocenters. The molecule has 6 nitrogen and oxygen atoms in total. The third-order valence-electron chi connectivity index (χ3n) is 1.88. The molecule has 0 bridgehead atoms. The van der Waals surface area contributed by atoms with Gasteiger partial charge in [0, 0.05) is 18.5 Å². The van der Waals surface area contributed by atoms with E-state index in [-0.39, 0.29) is 17.2 Å². The van der Waals surface area contributed by atoms with E-state index in [1.807, 2.05) is 0 Å². The van der Waals surface area contributed by atoms with Gasteiger partial charge in [-0.3, -0.25) is 9.78 Å². The van der Waals surface area contributed by atoms with Gasteiger partial charge < -0.3 is 4.74 Å². The number of rotatable bonds is 3. The molecule has 0 N–H and O–H groups in total. The van der Waals surface area contributed by atoms with Gasteiger partial charge in [-0.1, -0.05) is 0 Å². The highest BCUT2D eigenvalue weighted by Crippen LogP contribution is 2.06. The first kappa shape index (κ1) is 10.2. The molecule has 0 radical (unpaired) electrons.